The minimum absolute atomic E-state index is 0.465. The van der Waals surface area contributed by atoms with Crippen LogP contribution in [0.25, 0.3) is 82.7 Å². The summed E-state index contributed by atoms with van der Waals surface area (Å²) in [6.07, 6.45) is 9.05. The van der Waals surface area contributed by atoms with Crippen LogP contribution in [-0.4, -0.2) is 34.4 Å². The first-order valence-electron chi connectivity index (χ1n) is 26.7. The Kier molecular flexibility index (Phi) is 9.73. The van der Waals surface area contributed by atoms with Gasteiger partial charge in [-0.05, 0) is 111 Å². The Hall–Kier alpha value is -9.16. The highest BCUT2D eigenvalue weighted by atomic mass is 16.3. The average molecular weight is 979 g/mol. The van der Waals surface area contributed by atoms with Gasteiger partial charge in [-0.15, -0.1) is 0 Å². The van der Waals surface area contributed by atoms with Gasteiger partial charge in [-0.25, -0.2) is 4.48 Å². The van der Waals surface area contributed by atoms with Crippen LogP contribution in [0.15, 0.2) is 252 Å². The van der Waals surface area contributed by atoms with Gasteiger partial charge in [-0.1, -0.05) is 183 Å². The predicted molar refractivity (Wildman–Crippen MR) is 317 cm³/mol. The van der Waals surface area contributed by atoms with Gasteiger partial charge in [0.05, 0.1) is 24.6 Å². The fourth-order valence-corrected chi connectivity index (χ4v) is 14.0. The molecule has 5 heteroatoms. The molecule has 362 valence electrons. The molecule has 4 heterocycles. The van der Waals surface area contributed by atoms with E-state index in [1.165, 1.54) is 89.2 Å². The van der Waals surface area contributed by atoms with Gasteiger partial charge in [0.25, 0.3) is 5.82 Å². The van der Waals surface area contributed by atoms with Crippen molar-refractivity contribution in [3.05, 3.63) is 271 Å². The number of furan rings is 1. The van der Waals surface area contributed by atoms with E-state index in [4.69, 9.17) is 9.41 Å². The lowest BCUT2D eigenvalue weighted by molar-refractivity contribution is -0.493. The van der Waals surface area contributed by atoms with Crippen LogP contribution in [-0.2, 0) is 5.41 Å². The van der Waals surface area contributed by atoms with E-state index in [0.717, 1.165) is 81.6 Å². The third kappa shape index (κ3) is 5.89. The van der Waals surface area contributed by atoms with Crippen molar-refractivity contribution in [2.45, 2.75) is 31.6 Å². The number of rotatable bonds is 7. The molecule has 0 fully saturated rings. The standard InChI is InChI=1S/C71H54N4O/c1-5-41-73-68(75(4)64-36-20-15-29-53(64)56-43-60-55(44-65(56)75)50-26-12-17-32-59(50)71(60)57(7-3)47(6-2)49-25-11-16-31-58(49)71)38-22-33-61(72-70(73)74-62-34-18-13-27-51(62)52-28-14-19-35-63(52)74)46-39-40-54-67(42-46)76-66-37-21-30-48(69(54)66)45-23-9-8-10-24-45/h6-21,23-32,34-40,42-44H,2-3,5,22,33,41H2,1,4H3/q+2/b68-38+. The molecule has 9 aromatic carbocycles. The van der Waals surface area contributed by atoms with Crippen LogP contribution in [0.4, 0.5) is 11.4 Å². The molecule has 2 atom stereocenters. The van der Waals surface area contributed by atoms with E-state index in [-0.39, 0.29) is 0 Å². The lowest BCUT2D eigenvalue weighted by atomic mass is 9.69. The Morgan fingerprint density at radius 2 is 1.25 bits per heavy atom. The van der Waals surface area contributed by atoms with Gasteiger partial charge in [0.1, 0.15) is 27.9 Å². The quantitative estimate of drug-likeness (QED) is 0.116. The topological polar surface area (TPSA) is 33.4 Å². The minimum Gasteiger partial charge on any atom is -0.456 e. The maximum atomic E-state index is 6.76. The summed E-state index contributed by atoms with van der Waals surface area (Å²) in [5.41, 5.74) is 22.7. The van der Waals surface area contributed by atoms with Crippen molar-refractivity contribution in [2.24, 2.45) is 4.99 Å². The summed E-state index contributed by atoms with van der Waals surface area (Å²) in [6.45, 7) is 11.9. The zero-order chi connectivity index (χ0) is 50.9. The number of nitrogens with zero attached hydrogens (tertiary/aromatic N) is 4. The Labute approximate surface area is 442 Å². The Morgan fingerprint density at radius 1 is 0.579 bits per heavy atom. The van der Waals surface area contributed by atoms with E-state index >= 15 is 0 Å². The molecule has 11 aromatic rings. The second-order valence-corrected chi connectivity index (χ2v) is 20.9. The lowest BCUT2D eigenvalue weighted by Gasteiger charge is -2.34. The third-order valence-corrected chi connectivity index (χ3v) is 17.1. The van der Waals surface area contributed by atoms with Crippen molar-refractivity contribution < 1.29 is 8.99 Å². The molecule has 2 unspecified atom stereocenters. The number of hydrogen-bond donors (Lipinski definition) is 0. The van der Waals surface area contributed by atoms with Crippen molar-refractivity contribution in [2.75, 3.05) is 13.6 Å². The van der Waals surface area contributed by atoms with Crippen LogP contribution < -0.4 is 4.48 Å². The van der Waals surface area contributed by atoms with Crippen molar-refractivity contribution in [3.63, 3.8) is 0 Å². The van der Waals surface area contributed by atoms with Gasteiger partial charge in [-0.3, -0.25) is 0 Å². The molecule has 2 aromatic heterocycles. The average Bonchev–Trinajstić information content (AvgIpc) is 4.30. The van der Waals surface area contributed by atoms with Crippen LogP contribution in [0.5, 0.6) is 0 Å². The van der Waals surface area contributed by atoms with Gasteiger partial charge in [0.15, 0.2) is 11.4 Å². The van der Waals surface area contributed by atoms with Crippen LogP contribution in [0.3, 0.4) is 0 Å². The third-order valence-electron chi connectivity index (χ3n) is 17.1. The molecule has 0 saturated carbocycles. The summed E-state index contributed by atoms with van der Waals surface area (Å²) in [4.78, 5) is 6.04. The first-order valence-corrected chi connectivity index (χ1v) is 26.7. The second-order valence-electron chi connectivity index (χ2n) is 20.9. The van der Waals surface area contributed by atoms with E-state index in [2.05, 4.69) is 249 Å². The Balaban J connectivity index is 0.989. The molecule has 2 aliphatic carbocycles. The van der Waals surface area contributed by atoms with Gasteiger partial charge < -0.3 is 4.42 Å². The maximum Gasteiger partial charge on any atom is 0.408 e. The van der Waals surface area contributed by atoms with E-state index < -0.39 is 5.41 Å². The molecule has 76 heavy (non-hydrogen) atoms. The van der Waals surface area contributed by atoms with E-state index in [0.29, 0.717) is 4.48 Å². The van der Waals surface area contributed by atoms with E-state index in [1.54, 1.807) is 0 Å². The number of benzene rings is 9. The summed E-state index contributed by atoms with van der Waals surface area (Å²) < 4.78 is 12.2. The molecule has 0 amide bonds. The lowest BCUT2D eigenvalue weighted by Crippen LogP contribution is -2.45. The number of quaternary nitrogens is 1. The fraction of sp³-hybridized carbons (Fsp3) is 0.0986. The predicted octanol–water partition coefficient (Wildman–Crippen LogP) is 17.5. The largest absolute Gasteiger partial charge is 0.456 e. The molecule has 0 saturated heterocycles. The Morgan fingerprint density at radius 3 is 2.00 bits per heavy atom. The first-order chi connectivity index (χ1) is 37.5. The zero-order valence-electron chi connectivity index (χ0n) is 42.7. The highest BCUT2D eigenvalue weighted by Crippen LogP contribution is 2.65. The van der Waals surface area contributed by atoms with E-state index in [1.807, 2.05) is 6.08 Å². The van der Waals surface area contributed by atoms with Crippen molar-refractivity contribution in [1.82, 2.24) is 9.05 Å². The summed E-state index contributed by atoms with van der Waals surface area (Å²) in [6, 6.07) is 73.5. The van der Waals surface area contributed by atoms with Gasteiger partial charge in [0, 0.05) is 57.3 Å². The number of para-hydroxylation sites is 3. The van der Waals surface area contributed by atoms with E-state index in [9.17, 15) is 0 Å². The molecule has 1 spiro atoms. The van der Waals surface area contributed by atoms with Crippen molar-refractivity contribution in [1.29, 1.82) is 0 Å². The van der Waals surface area contributed by atoms with Gasteiger partial charge in [-0.2, -0.15) is 9.14 Å². The normalized spacial score (nSPS) is 20.7. The van der Waals surface area contributed by atoms with Gasteiger partial charge in [0.2, 0.25) is 0 Å². The molecule has 2 aliphatic heterocycles. The van der Waals surface area contributed by atoms with Crippen LogP contribution in [0.1, 0.15) is 54.0 Å². The molecule has 0 bridgehead atoms. The number of fused-ring (bicyclic) bond motifs is 16. The van der Waals surface area contributed by atoms with Crippen LogP contribution >= 0.6 is 0 Å². The number of aromatic nitrogens is 1. The molecule has 5 nitrogen and oxygen atoms in total. The highest BCUT2D eigenvalue weighted by molar-refractivity contribution is 6.18. The molecule has 15 rings (SSSR count). The summed E-state index contributed by atoms with van der Waals surface area (Å²) >= 11 is 0. The minimum atomic E-state index is -0.546. The molecular formula is C71H54N4O+2. The zero-order valence-corrected chi connectivity index (χ0v) is 42.7. The molecular weight excluding hydrogens is 925 g/mol. The van der Waals surface area contributed by atoms with Crippen LogP contribution in [0, 0.1) is 0 Å². The summed E-state index contributed by atoms with van der Waals surface area (Å²) in [5, 5.41) is 4.63. The maximum absolute atomic E-state index is 6.76. The number of hydrogen-bond acceptors (Lipinski definition) is 2. The van der Waals surface area contributed by atoms with Gasteiger partial charge >= 0.3 is 5.96 Å². The molecule has 0 radical (unpaired) electrons. The summed E-state index contributed by atoms with van der Waals surface area (Å²) in [7, 11) is 2.42. The van der Waals surface area contributed by atoms with Crippen molar-refractivity contribution in [3.8, 4) is 33.4 Å². The Bertz CT molecular complexity index is 4430. The van der Waals surface area contributed by atoms with Crippen molar-refractivity contribution >= 4 is 72.4 Å². The molecule has 0 N–H and O–H groups in total. The number of aliphatic imine (C=N–C) groups is 1. The smallest absolute Gasteiger partial charge is 0.408 e. The molecule has 4 aliphatic rings. The van der Waals surface area contributed by atoms with Crippen LogP contribution in [0.2, 0.25) is 0 Å². The highest BCUT2D eigenvalue weighted by Gasteiger charge is 2.55. The monoisotopic (exact) mass is 978 g/mol. The first kappa shape index (κ1) is 44.3. The summed E-state index contributed by atoms with van der Waals surface area (Å²) in [5.74, 6) is 2.06. The SMILES string of the molecule is C=CC1=C(C=C)C2(c3ccccc31)c1ccccc1-c1cc3c(cc12)-c1ccccc1[N+]3(C)C1=C/CC\C(c2ccc3c(c2)oc2cccc(-c4ccccc4)c23)=N/C(n2c3ccccc3c3ccccc32)=[N+]\1CCC. The number of allylic oxidation sites excluding steroid dienone is 5. The second kappa shape index (κ2) is 16.7. The fourth-order valence-electron chi connectivity index (χ4n) is 14.0.